The first-order chi connectivity index (χ1) is 7.79. The van der Waals surface area contributed by atoms with E-state index in [0.29, 0.717) is 11.5 Å². The lowest BCUT2D eigenvalue weighted by Gasteiger charge is -2.09. The maximum Gasteiger partial charge on any atom is 0.345 e. The predicted molar refractivity (Wildman–Crippen MR) is 60.9 cm³/mol. The highest BCUT2D eigenvalue weighted by molar-refractivity contribution is 5.56. The molecular formula is C11H11N3O2. The molecule has 2 rings (SSSR count). The van der Waals surface area contributed by atoms with Gasteiger partial charge in [-0.2, -0.15) is 4.98 Å². The highest BCUT2D eigenvalue weighted by atomic mass is 16.5. The molecule has 1 heterocycles. The topological polar surface area (TPSA) is 67.0 Å². The minimum atomic E-state index is -0.394. The summed E-state index contributed by atoms with van der Waals surface area (Å²) in [5, 5.41) is 3.01. The lowest BCUT2D eigenvalue weighted by atomic mass is 10.3. The number of anilines is 1. The zero-order valence-electron chi connectivity index (χ0n) is 8.73. The summed E-state index contributed by atoms with van der Waals surface area (Å²) in [5.74, 6) is 1.17. The van der Waals surface area contributed by atoms with Crippen molar-refractivity contribution >= 4 is 5.69 Å². The van der Waals surface area contributed by atoms with Gasteiger partial charge in [0.2, 0.25) is 0 Å². The van der Waals surface area contributed by atoms with Gasteiger partial charge in [0, 0.05) is 7.05 Å². The molecule has 0 aliphatic rings. The molecule has 5 heteroatoms. The zero-order chi connectivity index (χ0) is 11.4. The molecule has 0 saturated heterocycles. The van der Waals surface area contributed by atoms with Crippen molar-refractivity contribution in [2.75, 3.05) is 12.4 Å². The lowest BCUT2D eigenvalue weighted by Crippen LogP contribution is -2.07. The predicted octanol–water partition coefficient (Wildman–Crippen LogP) is 1.60. The standard InChI is InChI=1S/C11H11N3O2/c1-12-9-4-2-3-5-10(9)16-8-6-13-11(15)14-7-8/h2-7,12H,1H3,(H,13,14,15). The number of hydrogen-bond donors (Lipinski definition) is 2. The molecule has 0 atom stereocenters. The van der Waals surface area contributed by atoms with E-state index in [1.54, 1.807) is 0 Å². The van der Waals surface area contributed by atoms with Gasteiger partial charge in [-0.3, -0.25) is 0 Å². The minimum Gasteiger partial charge on any atom is -0.452 e. The van der Waals surface area contributed by atoms with Crippen molar-refractivity contribution in [3.8, 4) is 11.5 Å². The summed E-state index contributed by atoms with van der Waals surface area (Å²) >= 11 is 0. The number of nitrogens with one attached hydrogen (secondary N) is 2. The number of benzene rings is 1. The van der Waals surface area contributed by atoms with Crippen LogP contribution in [0, 0.1) is 0 Å². The summed E-state index contributed by atoms with van der Waals surface area (Å²) < 4.78 is 5.56. The van der Waals surface area contributed by atoms with Gasteiger partial charge in [0.15, 0.2) is 11.5 Å². The van der Waals surface area contributed by atoms with Gasteiger partial charge >= 0.3 is 5.69 Å². The second kappa shape index (κ2) is 4.48. The van der Waals surface area contributed by atoms with Crippen LogP contribution < -0.4 is 15.7 Å². The molecular weight excluding hydrogens is 206 g/mol. The van der Waals surface area contributed by atoms with Crippen molar-refractivity contribution in [1.82, 2.24) is 9.97 Å². The summed E-state index contributed by atoms with van der Waals surface area (Å²) in [6, 6.07) is 7.50. The van der Waals surface area contributed by atoms with Crippen molar-refractivity contribution in [2.24, 2.45) is 0 Å². The molecule has 0 bridgehead atoms. The average Bonchev–Trinajstić information content (AvgIpc) is 2.33. The Labute approximate surface area is 92.1 Å². The average molecular weight is 217 g/mol. The fraction of sp³-hybridized carbons (Fsp3) is 0.0909. The largest absolute Gasteiger partial charge is 0.452 e. The first kappa shape index (κ1) is 10.2. The van der Waals surface area contributed by atoms with Crippen LogP contribution in [0.2, 0.25) is 0 Å². The van der Waals surface area contributed by atoms with Crippen LogP contribution in [-0.4, -0.2) is 17.0 Å². The second-order valence-electron chi connectivity index (χ2n) is 3.10. The van der Waals surface area contributed by atoms with E-state index in [9.17, 15) is 4.79 Å². The summed E-state index contributed by atoms with van der Waals surface area (Å²) in [6.07, 6.45) is 2.85. The Kier molecular flexibility index (Phi) is 2.86. The van der Waals surface area contributed by atoms with E-state index in [-0.39, 0.29) is 0 Å². The molecule has 5 nitrogen and oxygen atoms in total. The van der Waals surface area contributed by atoms with Gasteiger partial charge in [0.05, 0.1) is 18.1 Å². The summed E-state index contributed by atoms with van der Waals surface area (Å²) in [4.78, 5) is 16.8. The minimum absolute atomic E-state index is 0.394. The number of para-hydroxylation sites is 2. The maximum atomic E-state index is 10.8. The number of aromatic nitrogens is 2. The first-order valence-electron chi connectivity index (χ1n) is 4.79. The molecule has 0 aliphatic heterocycles. The SMILES string of the molecule is CNc1ccccc1Oc1cnc(=O)[nH]c1. The van der Waals surface area contributed by atoms with E-state index < -0.39 is 5.69 Å². The number of ether oxygens (including phenoxy) is 1. The molecule has 0 aliphatic carbocycles. The van der Waals surface area contributed by atoms with Crippen LogP contribution in [0.4, 0.5) is 5.69 Å². The molecule has 1 aromatic heterocycles. The summed E-state index contributed by atoms with van der Waals surface area (Å²) in [5.41, 5.74) is 0.475. The van der Waals surface area contributed by atoms with Gasteiger partial charge in [0.25, 0.3) is 0 Å². The van der Waals surface area contributed by atoms with Gasteiger partial charge in [-0.25, -0.2) is 4.79 Å². The summed E-state index contributed by atoms with van der Waals surface area (Å²) in [7, 11) is 1.81. The van der Waals surface area contributed by atoms with Crippen molar-refractivity contribution < 1.29 is 4.74 Å². The first-order valence-corrected chi connectivity index (χ1v) is 4.79. The van der Waals surface area contributed by atoms with Crippen LogP contribution in [0.3, 0.4) is 0 Å². The van der Waals surface area contributed by atoms with Crippen LogP contribution >= 0.6 is 0 Å². The fourth-order valence-corrected chi connectivity index (χ4v) is 1.27. The van der Waals surface area contributed by atoms with Gasteiger partial charge < -0.3 is 15.0 Å². The Bertz CT molecular complexity index is 516. The maximum absolute atomic E-state index is 10.8. The van der Waals surface area contributed by atoms with Gasteiger partial charge in [-0.15, -0.1) is 0 Å². The van der Waals surface area contributed by atoms with E-state index in [2.05, 4.69) is 15.3 Å². The fourth-order valence-electron chi connectivity index (χ4n) is 1.27. The van der Waals surface area contributed by atoms with E-state index >= 15 is 0 Å². The number of aromatic amines is 1. The number of rotatable bonds is 3. The van der Waals surface area contributed by atoms with Crippen LogP contribution in [-0.2, 0) is 0 Å². The molecule has 16 heavy (non-hydrogen) atoms. The van der Waals surface area contributed by atoms with Crippen LogP contribution in [0.25, 0.3) is 0 Å². The number of nitrogens with zero attached hydrogens (tertiary/aromatic N) is 1. The molecule has 2 N–H and O–H groups in total. The van der Waals surface area contributed by atoms with Crippen LogP contribution in [0.1, 0.15) is 0 Å². The van der Waals surface area contributed by atoms with Gasteiger partial charge in [-0.1, -0.05) is 12.1 Å². The molecule has 2 aromatic rings. The Morgan fingerprint density at radius 2 is 2.19 bits per heavy atom. The third-order valence-electron chi connectivity index (χ3n) is 2.03. The van der Waals surface area contributed by atoms with Crippen molar-refractivity contribution in [2.45, 2.75) is 0 Å². The van der Waals surface area contributed by atoms with E-state index in [4.69, 9.17) is 4.74 Å². The Morgan fingerprint density at radius 1 is 1.38 bits per heavy atom. The second-order valence-corrected chi connectivity index (χ2v) is 3.10. The zero-order valence-corrected chi connectivity index (χ0v) is 8.73. The molecule has 0 radical (unpaired) electrons. The van der Waals surface area contributed by atoms with Crippen molar-refractivity contribution in [3.05, 3.63) is 47.1 Å². The van der Waals surface area contributed by atoms with Crippen molar-refractivity contribution in [3.63, 3.8) is 0 Å². The third kappa shape index (κ3) is 2.20. The smallest absolute Gasteiger partial charge is 0.345 e. The molecule has 0 amide bonds. The molecule has 82 valence electrons. The molecule has 0 saturated carbocycles. The van der Waals surface area contributed by atoms with Crippen molar-refractivity contribution in [1.29, 1.82) is 0 Å². The van der Waals surface area contributed by atoms with Gasteiger partial charge in [-0.05, 0) is 12.1 Å². The highest BCUT2D eigenvalue weighted by Gasteiger charge is 2.02. The molecule has 0 unspecified atom stereocenters. The normalized spacial score (nSPS) is 9.81. The quantitative estimate of drug-likeness (QED) is 0.819. The monoisotopic (exact) mass is 217 g/mol. The molecule has 0 fully saturated rings. The molecule has 1 aromatic carbocycles. The van der Waals surface area contributed by atoms with Crippen LogP contribution in [0.15, 0.2) is 41.5 Å². The Hall–Kier alpha value is -2.30. The van der Waals surface area contributed by atoms with Gasteiger partial charge in [0.1, 0.15) is 0 Å². The van der Waals surface area contributed by atoms with Crippen LogP contribution in [0.5, 0.6) is 11.5 Å². The number of H-pyrrole nitrogens is 1. The lowest BCUT2D eigenvalue weighted by molar-refractivity contribution is 0.478. The molecule has 0 spiro atoms. The summed E-state index contributed by atoms with van der Waals surface area (Å²) in [6.45, 7) is 0. The number of hydrogen-bond acceptors (Lipinski definition) is 4. The Balaban J connectivity index is 2.26. The van der Waals surface area contributed by atoms with E-state index in [1.165, 1.54) is 12.4 Å². The van der Waals surface area contributed by atoms with E-state index in [0.717, 1.165) is 5.69 Å². The third-order valence-corrected chi connectivity index (χ3v) is 2.03. The van der Waals surface area contributed by atoms with E-state index in [1.807, 2.05) is 31.3 Å². The highest BCUT2D eigenvalue weighted by Crippen LogP contribution is 2.27. The Morgan fingerprint density at radius 3 is 2.88 bits per heavy atom.